The summed E-state index contributed by atoms with van der Waals surface area (Å²) < 4.78 is 0. The molecule has 0 saturated carbocycles. The van der Waals surface area contributed by atoms with Crippen molar-refractivity contribution in [3.8, 4) is 6.07 Å². The molecule has 0 N–H and O–H groups in total. The molecular formula is C13H14N2. The molecule has 0 atom stereocenters. The highest BCUT2D eigenvalue weighted by atomic mass is 15.2. The summed E-state index contributed by atoms with van der Waals surface area (Å²) >= 11 is 0. The number of anilines is 1. The predicted molar refractivity (Wildman–Crippen MR) is 61.6 cm³/mol. The van der Waals surface area contributed by atoms with Gasteiger partial charge in [0.05, 0.1) is 6.07 Å². The summed E-state index contributed by atoms with van der Waals surface area (Å²) in [5, 5.41) is 8.80. The maximum absolute atomic E-state index is 8.80. The lowest BCUT2D eigenvalue weighted by molar-refractivity contribution is 0.640. The Morgan fingerprint density at radius 2 is 2.00 bits per heavy atom. The number of para-hydroxylation sites is 1. The van der Waals surface area contributed by atoms with E-state index >= 15 is 0 Å². The van der Waals surface area contributed by atoms with Gasteiger partial charge in [-0.1, -0.05) is 32.0 Å². The monoisotopic (exact) mass is 198 g/mol. The van der Waals surface area contributed by atoms with Crippen LogP contribution in [0.2, 0.25) is 0 Å². The lowest BCUT2D eigenvalue weighted by atomic mass is 9.84. The zero-order chi connectivity index (χ0) is 11.1. The smallest absolute Gasteiger partial charge is 0.0930 e. The molecule has 2 heteroatoms. The van der Waals surface area contributed by atoms with Crippen molar-refractivity contribution >= 4 is 5.69 Å². The van der Waals surface area contributed by atoms with Gasteiger partial charge in [0.2, 0.25) is 0 Å². The second-order valence-corrected chi connectivity index (χ2v) is 4.36. The topological polar surface area (TPSA) is 27.0 Å². The predicted octanol–water partition coefficient (Wildman–Crippen LogP) is 2.82. The van der Waals surface area contributed by atoms with Gasteiger partial charge in [0, 0.05) is 29.9 Å². The first kappa shape index (κ1) is 9.79. The average molecular weight is 198 g/mol. The average Bonchev–Trinajstić information content (AvgIpc) is 2.41. The van der Waals surface area contributed by atoms with Gasteiger partial charge in [-0.2, -0.15) is 5.26 Å². The molecule has 0 radical (unpaired) electrons. The number of rotatable bonds is 0. The number of hydrogen-bond donors (Lipinski definition) is 0. The zero-order valence-corrected chi connectivity index (χ0v) is 9.28. The molecule has 0 spiro atoms. The Bertz CT molecular complexity index is 464. The highest BCUT2D eigenvalue weighted by Crippen LogP contribution is 2.46. The summed E-state index contributed by atoms with van der Waals surface area (Å²) in [6, 6.07) is 10.4. The van der Waals surface area contributed by atoms with Gasteiger partial charge < -0.3 is 4.90 Å². The summed E-state index contributed by atoms with van der Waals surface area (Å²) in [5.41, 5.74) is 3.48. The minimum Gasteiger partial charge on any atom is -0.346 e. The zero-order valence-electron chi connectivity index (χ0n) is 9.28. The summed E-state index contributed by atoms with van der Waals surface area (Å²) in [6.07, 6.45) is 1.64. The van der Waals surface area contributed by atoms with Crippen LogP contribution in [0.3, 0.4) is 0 Å². The number of hydrogen-bond acceptors (Lipinski definition) is 2. The van der Waals surface area contributed by atoms with Gasteiger partial charge in [0.15, 0.2) is 0 Å². The molecule has 15 heavy (non-hydrogen) atoms. The lowest BCUT2D eigenvalue weighted by Gasteiger charge is -2.22. The Morgan fingerprint density at radius 1 is 1.33 bits per heavy atom. The number of benzene rings is 1. The van der Waals surface area contributed by atoms with E-state index in [9.17, 15) is 0 Å². The molecular weight excluding hydrogens is 184 g/mol. The first-order valence-corrected chi connectivity index (χ1v) is 5.02. The van der Waals surface area contributed by atoms with E-state index in [2.05, 4.69) is 36.9 Å². The Labute approximate surface area is 90.4 Å². The Morgan fingerprint density at radius 3 is 2.60 bits per heavy atom. The largest absolute Gasteiger partial charge is 0.346 e. The van der Waals surface area contributed by atoms with Crippen LogP contribution in [-0.2, 0) is 5.41 Å². The van der Waals surface area contributed by atoms with Crippen LogP contribution in [0.5, 0.6) is 0 Å². The van der Waals surface area contributed by atoms with Crippen LogP contribution in [-0.4, -0.2) is 7.05 Å². The molecule has 2 rings (SSSR count). The van der Waals surface area contributed by atoms with Crippen molar-refractivity contribution in [3.05, 3.63) is 41.6 Å². The molecule has 2 nitrogen and oxygen atoms in total. The third kappa shape index (κ3) is 1.24. The maximum Gasteiger partial charge on any atom is 0.0930 e. The summed E-state index contributed by atoms with van der Waals surface area (Å²) in [6.45, 7) is 4.30. The van der Waals surface area contributed by atoms with Gasteiger partial charge in [-0.05, 0) is 11.6 Å². The number of nitrogens with zero attached hydrogens (tertiary/aromatic N) is 2. The van der Waals surface area contributed by atoms with Crippen LogP contribution in [0, 0.1) is 11.3 Å². The summed E-state index contributed by atoms with van der Waals surface area (Å²) in [5.74, 6) is 0. The molecule has 0 amide bonds. The van der Waals surface area contributed by atoms with E-state index < -0.39 is 0 Å². The minimum absolute atomic E-state index is 0.0684. The fourth-order valence-corrected chi connectivity index (χ4v) is 2.32. The van der Waals surface area contributed by atoms with Crippen LogP contribution in [0.15, 0.2) is 36.0 Å². The highest BCUT2D eigenvalue weighted by Gasteiger charge is 2.37. The number of fused-ring (bicyclic) bond motifs is 1. The summed E-state index contributed by atoms with van der Waals surface area (Å²) in [4.78, 5) is 2.10. The molecule has 0 saturated heterocycles. The first-order chi connectivity index (χ1) is 7.09. The Hall–Kier alpha value is -1.75. The Kier molecular flexibility index (Phi) is 2.04. The molecule has 1 aromatic carbocycles. The second kappa shape index (κ2) is 3.13. The molecule has 0 aliphatic carbocycles. The van der Waals surface area contributed by atoms with Crippen molar-refractivity contribution in [2.45, 2.75) is 19.3 Å². The highest BCUT2D eigenvalue weighted by molar-refractivity contribution is 5.70. The third-order valence-electron chi connectivity index (χ3n) is 3.14. The van der Waals surface area contributed by atoms with Gasteiger partial charge in [-0.3, -0.25) is 0 Å². The molecule has 1 aliphatic heterocycles. The van der Waals surface area contributed by atoms with Crippen LogP contribution in [0.25, 0.3) is 0 Å². The molecule has 76 valence electrons. The van der Waals surface area contributed by atoms with E-state index in [4.69, 9.17) is 5.26 Å². The first-order valence-electron chi connectivity index (χ1n) is 5.02. The normalized spacial score (nSPS) is 20.1. The van der Waals surface area contributed by atoms with Crippen molar-refractivity contribution in [2.24, 2.45) is 0 Å². The fourth-order valence-electron chi connectivity index (χ4n) is 2.32. The van der Waals surface area contributed by atoms with Crippen LogP contribution >= 0.6 is 0 Å². The fraction of sp³-hybridized carbons (Fsp3) is 0.308. The molecule has 0 aromatic heterocycles. The van der Waals surface area contributed by atoms with Gasteiger partial charge in [-0.15, -0.1) is 0 Å². The molecule has 1 aliphatic rings. The van der Waals surface area contributed by atoms with Crippen molar-refractivity contribution in [3.63, 3.8) is 0 Å². The SMILES string of the molecule is CN1/C(=C\C#N)C(C)(C)c2ccccc21. The van der Waals surface area contributed by atoms with E-state index in [1.165, 1.54) is 11.3 Å². The second-order valence-electron chi connectivity index (χ2n) is 4.36. The van der Waals surface area contributed by atoms with E-state index in [1.807, 2.05) is 19.2 Å². The molecule has 0 unspecified atom stereocenters. The van der Waals surface area contributed by atoms with E-state index in [0.29, 0.717) is 0 Å². The van der Waals surface area contributed by atoms with Crippen molar-refractivity contribution < 1.29 is 0 Å². The lowest BCUT2D eigenvalue weighted by Crippen LogP contribution is -2.22. The third-order valence-corrected chi connectivity index (χ3v) is 3.14. The molecule has 1 aromatic rings. The van der Waals surface area contributed by atoms with E-state index in [0.717, 1.165) is 5.70 Å². The molecule has 0 fully saturated rings. The van der Waals surface area contributed by atoms with Crippen molar-refractivity contribution in [1.29, 1.82) is 5.26 Å². The maximum atomic E-state index is 8.80. The number of allylic oxidation sites excluding steroid dienone is 2. The van der Waals surface area contributed by atoms with Crippen molar-refractivity contribution in [1.82, 2.24) is 0 Å². The van der Waals surface area contributed by atoms with Crippen molar-refractivity contribution in [2.75, 3.05) is 11.9 Å². The van der Waals surface area contributed by atoms with Gasteiger partial charge in [0.25, 0.3) is 0 Å². The minimum atomic E-state index is -0.0684. The standard InChI is InChI=1S/C13H14N2/c1-13(2)10-6-4-5-7-11(10)15(3)12(13)8-9-14/h4-8H,1-3H3/b12-8-. The Balaban J connectivity index is 2.66. The van der Waals surface area contributed by atoms with Crippen LogP contribution in [0.1, 0.15) is 19.4 Å². The van der Waals surface area contributed by atoms with Gasteiger partial charge in [-0.25, -0.2) is 0 Å². The van der Waals surface area contributed by atoms with Gasteiger partial charge >= 0.3 is 0 Å². The number of nitriles is 1. The van der Waals surface area contributed by atoms with Crippen LogP contribution in [0.4, 0.5) is 5.69 Å². The molecule has 0 bridgehead atoms. The number of likely N-dealkylation sites (N-methyl/N-ethyl adjacent to an activating group) is 1. The molecule has 1 heterocycles. The summed E-state index contributed by atoms with van der Waals surface area (Å²) in [7, 11) is 2.01. The van der Waals surface area contributed by atoms with Gasteiger partial charge in [0.1, 0.15) is 0 Å². The quantitative estimate of drug-likeness (QED) is 0.599. The van der Waals surface area contributed by atoms with E-state index in [-0.39, 0.29) is 5.41 Å². The van der Waals surface area contributed by atoms with Crippen LogP contribution < -0.4 is 4.90 Å². The van der Waals surface area contributed by atoms with E-state index in [1.54, 1.807) is 6.08 Å².